The Labute approximate surface area is 204 Å². The van der Waals surface area contributed by atoms with Crippen molar-refractivity contribution in [1.29, 1.82) is 0 Å². The standard InChI is InChI=1S/C26H32N2O5S/c1-17(2)14-28(15-24(29)30)25(31)23(12-13-34-3)27-26(32)33-16-22-20-10-6-4-8-18(20)19-9-5-7-11-21(19)22/h4-11,17,22-23H,12-16H2,1-3H3,(H,27,32)(H,29,30). The Morgan fingerprint density at radius 1 is 1.06 bits per heavy atom. The Hall–Kier alpha value is -3.00. The molecule has 8 heteroatoms. The van der Waals surface area contributed by atoms with Crippen LogP contribution in [-0.2, 0) is 14.3 Å². The van der Waals surface area contributed by atoms with Crippen molar-refractivity contribution >= 4 is 29.7 Å². The Kier molecular flexibility index (Phi) is 8.98. The van der Waals surface area contributed by atoms with Crippen LogP contribution in [0.4, 0.5) is 4.79 Å². The predicted molar refractivity (Wildman–Crippen MR) is 134 cm³/mol. The number of hydrogen-bond acceptors (Lipinski definition) is 5. The minimum Gasteiger partial charge on any atom is -0.480 e. The van der Waals surface area contributed by atoms with E-state index in [0.29, 0.717) is 18.7 Å². The van der Waals surface area contributed by atoms with E-state index in [0.717, 1.165) is 22.3 Å². The number of carbonyl (C=O) groups is 3. The van der Waals surface area contributed by atoms with E-state index < -0.39 is 30.6 Å². The van der Waals surface area contributed by atoms with Crippen molar-refractivity contribution < 1.29 is 24.2 Å². The zero-order valence-electron chi connectivity index (χ0n) is 19.8. The van der Waals surface area contributed by atoms with Gasteiger partial charge in [-0.15, -0.1) is 0 Å². The highest BCUT2D eigenvalue weighted by Gasteiger charge is 2.31. The normalized spacial score (nSPS) is 13.2. The summed E-state index contributed by atoms with van der Waals surface area (Å²) in [5.74, 6) is -0.831. The van der Waals surface area contributed by atoms with Crippen LogP contribution in [-0.4, -0.2) is 65.7 Å². The topological polar surface area (TPSA) is 95.9 Å². The summed E-state index contributed by atoms with van der Waals surface area (Å²) in [6.07, 6.45) is 1.62. The zero-order chi connectivity index (χ0) is 24.7. The number of carbonyl (C=O) groups excluding carboxylic acids is 2. The average molecular weight is 485 g/mol. The lowest BCUT2D eigenvalue weighted by Gasteiger charge is -2.28. The van der Waals surface area contributed by atoms with Gasteiger partial charge in [0.1, 0.15) is 19.2 Å². The number of amides is 2. The smallest absolute Gasteiger partial charge is 0.407 e. The molecule has 0 heterocycles. The SMILES string of the molecule is CSCCC(NC(=O)OCC1c2ccccc2-c2ccccc21)C(=O)N(CC(=O)O)CC(C)C. The number of carboxylic acid groups (broad SMARTS) is 1. The molecule has 0 radical (unpaired) electrons. The van der Waals surface area contributed by atoms with E-state index >= 15 is 0 Å². The van der Waals surface area contributed by atoms with Crippen molar-refractivity contribution in [3.63, 3.8) is 0 Å². The highest BCUT2D eigenvalue weighted by molar-refractivity contribution is 7.98. The largest absolute Gasteiger partial charge is 0.480 e. The summed E-state index contributed by atoms with van der Waals surface area (Å²) in [5.41, 5.74) is 4.49. The van der Waals surface area contributed by atoms with Gasteiger partial charge in [0, 0.05) is 12.5 Å². The lowest BCUT2D eigenvalue weighted by Crippen LogP contribution is -2.51. The number of rotatable bonds is 11. The highest BCUT2D eigenvalue weighted by Crippen LogP contribution is 2.44. The van der Waals surface area contributed by atoms with Crippen LogP contribution >= 0.6 is 11.8 Å². The summed E-state index contributed by atoms with van der Waals surface area (Å²) in [7, 11) is 0. The second-order valence-corrected chi connectivity index (χ2v) is 9.80. The van der Waals surface area contributed by atoms with E-state index in [2.05, 4.69) is 17.4 Å². The van der Waals surface area contributed by atoms with Crippen LogP contribution < -0.4 is 5.32 Å². The van der Waals surface area contributed by atoms with Crippen LogP contribution in [0.1, 0.15) is 37.3 Å². The predicted octanol–water partition coefficient (Wildman–Crippen LogP) is 4.22. The molecule has 1 unspecified atom stereocenters. The Balaban J connectivity index is 1.69. The number of aliphatic carboxylic acids is 1. The van der Waals surface area contributed by atoms with Crippen LogP contribution in [0, 0.1) is 5.92 Å². The number of fused-ring (bicyclic) bond motifs is 3. The van der Waals surface area contributed by atoms with Gasteiger partial charge in [-0.1, -0.05) is 62.4 Å². The second-order valence-electron chi connectivity index (χ2n) is 8.81. The molecular formula is C26H32N2O5S. The van der Waals surface area contributed by atoms with Gasteiger partial charge in [0.15, 0.2) is 0 Å². The third-order valence-electron chi connectivity index (χ3n) is 5.77. The number of nitrogens with zero attached hydrogens (tertiary/aromatic N) is 1. The maximum atomic E-state index is 13.1. The van der Waals surface area contributed by atoms with Crippen molar-refractivity contribution in [1.82, 2.24) is 10.2 Å². The monoisotopic (exact) mass is 484 g/mol. The molecule has 0 saturated carbocycles. The fraction of sp³-hybridized carbons (Fsp3) is 0.423. The molecule has 2 amide bonds. The lowest BCUT2D eigenvalue weighted by atomic mass is 9.98. The molecule has 0 bridgehead atoms. The van der Waals surface area contributed by atoms with E-state index in [1.165, 1.54) is 4.90 Å². The minimum atomic E-state index is -1.08. The number of ether oxygens (including phenoxy) is 1. The fourth-order valence-corrected chi connectivity index (χ4v) is 4.80. The maximum absolute atomic E-state index is 13.1. The van der Waals surface area contributed by atoms with Gasteiger partial charge in [0.2, 0.25) is 5.91 Å². The van der Waals surface area contributed by atoms with Crippen molar-refractivity contribution in [2.24, 2.45) is 5.92 Å². The first kappa shape index (κ1) is 25.6. The molecule has 2 N–H and O–H groups in total. The van der Waals surface area contributed by atoms with Crippen LogP contribution in [0.3, 0.4) is 0 Å². The van der Waals surface area contributed by atoms with Gasteiger partial charge < -0.3 is 20.1 Å². The van der Waals surface area contributed by atoms with E-state index in [4.69, 9.17) is 4.74 Å². The highest BCUT2D eigenvalue weighted by atomic mass is 32.2. The molecule has 2 aromatic carbocycles. The van der Waals surface area contributed by atoms with Crippen molar-refractivity contribution in [3.05, 3.63) is 59.7 Å². The summed E-state index contributed by atoms with van der Waals surface area (Å²) in [6, 6.07) is 15.3. The number of carboxylic acids is 1. The molecule has 0 spiro atoms. The van der Waals surface area contributed by atoms with Crippen LogP contribution in [0.2, 0.25) is 0 Å². The number of benzene rings is 2. The molecule has 1 aliphatic rings. The van der Waals surface area contributed by atoms with Crippen molar-refractivity contribution in [3.8, 4) is 11.1 Å². The first-order chi connectivity index (χ1) is 16.3. The summed E-state index contributed by atoms with van der Waals surface area (Å²) >= 11 is 1.55. The molecule has 2 aromatic rings. The molecule has 1 atom stereocenters. The molecule has 7 nitrogen and oxygen atoms in total. The van der Waals surface area contributed by atoms with Gasteiger partial charge in [0.05, 0.1) is 0 Å². The molecule has 34 heavy (non-hydrogen) atoms. The van der Waals surface area contributed by atoms with Crippen LogP contribution in [0.25, 0.3) is 11.1 Å². The Morgan fingerprint density at radius 2 is 1.65 bits per heavy atom. The maximum Gasteiger partial charge on any atom is 0.407 e. The van der Waals surface area contributed by atoms with Crippen molar-refractivity contribution in [2.45, 2.75) is 32.2 Å². The van der Waals surface area contributed by atoms with E-state index in [9.17, 15) is 19.5 Å². The first-order valence-electron chi connectivity index (χ1n) is 11.4. The molecule has 0 aliphatic heterocycles. The molecule has 0 aromatic heterocycles. The summed E-state index contributed by atoms with van der Waals surface area (Å²) in [4.78, 5) is 38.5. The van der Waals surface area contributed by atoms with E-state index in [1.807, 2.05) is 56.5 Å². The molecule has 3 rings (SSSR count). The molecule has 0 fully saturated rings. The molecule has 0 saturated heterocycles. The summed E-state index contributed by atoms with van der Waals surface area (Å²) in [5, 5.41) is 11.9. The molecule has 1 aliphatic carbocycles. The van der Waals surface area contributed by atoms with Gasteiger partial charge in [-0.2, -0.15) is 11.8 Å². The van der Waals surface area contributed by atoms with Gasteiger partial charge >= 0.3 is 12.1 Å². The Bertz CT molecular complexity index is 980. The van der Waals surface area contributed by atoms with Gasteiger partial charge in [-0.05, 0) is 46.6 Å². The lowest BCUT2D eigenvalue weighted by molar-refractivity contribution is -0.145. The van der Waals surface area contributed by atoms with Crippen LogP contribution in [0.15, 0.2) is 48.5 Å². The van der Waals surface area contributed by atoms with E-state index in [1.54, 1.807) is 11.8 Å². The number of nitrogens with one attached hydrogen (secondary N) is 1. The average Bonchev–Trinajstić information content (AvgIpc) is 3.12. The Morgan fingerprint density at radius 3 is 2.18 bits per heavy atom. The van der Waals surface area contributed by atoms with E-state index in [-0.39, 0.29) is 18.4 Å². The summed E-state index contributed by atoms with van der Waals surface area (Å²) < 4.78 is 5.60. The van der Waals surface area contributed by atoms with Crippen LogP contribution in [0.5, 0.6) is 0 Å². The zero-order valence-corrected chi connectivity index (χ0v) is 20.6. The van der Waals surface area contributed by atoms with Gasteiger partial charge in [-0.25, -0.2) is 4.79 Å². The number of hydrogen-bond donors (Lipinski definition) is 2. The summed E-state index contributed by atoms with van der Waals surface area (Å²) in [6.45, 7) is 3.87. The van der Waals surface area contributed by atoms with Gasteiger partial charge in [0.25, 0.3) is 0 Å². The third-order valence-corrected chi connectivity index (χ3v) is 6.41. The van der Waals surface area contributed by atoms with Gasteiger partial charge in [-0.3, -0.25) is 9.59 Å². The quantitative estimate of drug-likeness (QED) is 0.496. The second kappa shape index (κ2) is 11.9. The molecule has 182 valence electrons. The molecular weight excluding hydrogens is 452 g/mol. The first-order valence-corrected chi connectivity index (χ1v) is 12.8. The van der Waals surface area contributed by atoms with Crippen molar-refractivity contribution in [2.75, 3.05) is 31.7 Å². The number of thioether (sulfide) groups is 1. The minimum absolute atomic E-state index is 0.0806. The fourth-order valence-electron chi connectivity index (χ4n) is 4.33. The third kappa shape index (κ3) is 6.32. The number of alkyl carbamates (subject to hydrolysis) is 1.